The van der Waals surface area contributed by atoms with E-state index in [4.69, 9.17) is 16.0 Å². The van der Waals surface area contributed by atoms with Crippen molar-refractivity contribution >= 4 is 28.8 Å². The van der Waals surface area contributed by atoms with Gasteiger partial charge in [-0.05, 0) is 25.1 Å². The minimum atomic E-state index is -0.0224. The fourth-order valence-electron chi connectivity index (χ4n) is 1.52. The van der Waals surface area contributed by atoms with Crippen molar-refractivity contribution in [2.45, 2.75) is 13.5 Å². The molecule has 0 N–H and O–H groups in total. The van der Waals surface area contributed by atoms with E-state index >= 15 is 0 Å². The minimum absolute atomic E-state index is 0.0224. The van der Waals surface area contributed by atoms with E-state index in [0.717, 1.165) is 9.21 Å². The normalized spacial score (nSPS) is 10.5. The van der Waals surface area contributed by atoms with E-state index in [9.17, 15) is 4.79 Å². The number of halogens is 1. The average Bonchev–Trinajstić information content (AvgIpc) is 2.96. The van der Waals surface area contributed by atoms with Gasteiger partial charge < -0.3 is 9.32 Å². The highest BCUT2D eigenvalue weighted by molar-refractivity contribution is 7.16. The number of nitrogens with zero attached hydrogens (tertiary/aromatic N) is 1. The average molecular weight is 270 g/mol. The van der Waals surface area contributed by atoms with E-state index in [2.05, 4.69) is 0 Å². The van der Waals surface area contributed by atoms with Crippen molar-refractivity contribution in [3.63, 3.8) is 0 Å². The summed E-state index contributed by atoms with van der Waals surface area (Å²) in [5.74, 6) is -0.0224. The molecule has 1 amide bonds. The van der Waals surface area contributed by atoms with Crippen LogP contribution in [0.15, 0.2) is 35.1 Å². The van der Waals surface area contributed by atoms with Crippen LogP contribution in [0.1, 0.15) is 22.2 Å². The topological polar surface area (TPSA) is 33.5 Å². The fraction of sp³-hybridized carbons (Fsp3) is 0.250. The molecule has 2 rings (SSSR count). The predicted octanol–water partition coefficient (Wildman–Crippen LogP) is 3.66. The number of amides is 1. The second kappa shape index (κ2) is 5.38. The lowest BCUT2D eigenvalue weighted by atomic mass is 10.3. The van der Waals surface area contributed by atoms with Gasteiger partial charge in [0, 0.05) is 11.4 Å². The highest BCUT2D eigenvalue weighted by atomic mass is 35.5. The molecule has 0 aliphatic carbocycles. The summed E-state index contributed by atoms with van der Waals surface area (Å²) in [7, 11) is 0. The number of thiophene rings is 1. The smallest absolute Gasteiger partial charge is 0.257 e. The van der Waals surface area contributed by atoms with Crippen LogP contribution in [-0.2, 0) is 6.54 Å². The Morgan fingerprint density at radius 3 is 2.82 bits per heavy atom. The van der Waals surface area contributed by atoms with Gasteiger partial charge in [0.1, 0.15) is 6.26 Å². The second-order valence-corrected chi connectivity index (χ2v) is 5.34. The van der Waals surface area contributed by atoms with Gasteiger partial charge in [-0.2, -0.15) is 0 Å². The van der Waals surface area contributed by atoms with Crippen molar-refractivity contribution in [3.8, 4) is 0 Å². The van der Waals surface area contributed by atoms with Crippen molar-refractivity contribution < 1.29 is 9.21 Å². The molecule has 0 unspecified atom stereocenters. The van der Waals surface area contributed by atoms with Gasteiger partial charge in [0.25, 0.3) is 5.91 Å². The molecule has 17 heavy (non-hydrogen) atoms. The maximum Gasteiger partial charge on any atom is 0.257 e. The van der Waals surface area contributed by atoms with Gasteiger partial charge in [0.15, 0.2) is 0 Å². The number of furan rings is 1. The van der Waals surface area contributed by atoms with Gasteiger partial charge in [-0.1, -0.05) is 11.6 Å². The molecule has 2 aromatic heterocycles. The first-order valence-corrected chi connectivity index (χ1v) is 6.46. The molecule has 0 aliphatic rings. The molecular formula is C12H12ClNO2S. The third kappa shape index (κ3) is 2.90. The number of carbonyl (C=O) groups is 1. The molecule has 0 atom stereocenters. The van der Waals surface area contributed by atoms with Crippen LogP contribution in [0.25, 0.3) is 0 Å². The lowest BCUT2D eigenvalue weighted by Crippen LogP contribution is -2.29. The monoisotopic (exact) mass is 269 g/mol. The molecule has 5 heteroatoms. The molecule has 0 saturated carbocycles. The highest BCUT2D eigenvalue weighted by Crippen LogP contribution is 2.23. The van der Waals surface area contributed by atoms with Crippen molar-refractivity contribution in [2.24, 2.45) is 0 Å². The Balaban J connectivity index is 2.09. The molecule has 0 fully saturated rings. The van der Waals surface area contributed by atoms with Crippen LogP contribution in [0.5, 0.6) is 0 Å². The third-order valence-corrected chi connectivity index (χ3v) is 3.63. The summed E-state index contributed by atoms with van der Waals surface area (Å²) in [4.78, 5) is 14.9. The Morgan fingerprint density at radius 1 is 1.47 bits per heavy atom. The van der Waals surface area contributed by atoms with Crippen LogP contribution in [0.3, 0.4) is 0 Å². The summed E-state index contributed by atoms with van der Waals surface area (Å²) < 4.78 is 5.66. The molecular weight excluding hydrogens is 258 g/mol. The number of hydrogen-bond donors (Lipinski definition) is 0. The first kappa shape index (κ1) is 12.2. The summed E-state index contributed by atoms with van der Waals surface area (Å²) in [6.07, 6.45) is 2.97. The Labute approximate surface area is 109 Å². The molecule has 90 valence electrons. The van der Waals surface area contributed by atoms with Gasteiger partial charge in [-0.15, -0.1) is 11.3 Å². The molecule has 0 radical (unpaired) electrons. The van der Waals surface area contributed by atoms with Gasteiger partial charge in [-0.3, -0.25) is 4.79 Å². The Kier molecular flexibility index (Phi) is 3.86. The molecule has 0 aliphatic heterocycles. The molecule has 0 bridgehead atoms. The summed E-state index contributed by atoms with van der Waals surface area (Å²) in [6.45, 7) is 3.19. The largest absolute Gasteiger partial charge is 0.472 e. The molecule has 0 saturated heterocycles. The van der Waals surface area contributed by atoms with Crippen LogP contribution < -0.4 is 0 Å². The van der Waals surface area contributed by atoms with Crippen LogP contribution >= 0.6 is 22.9 Å². The Morgan fingerprint density at radius 2 is 2.29 bits per heavy atom. The van der Waals surface area contributed by atoms with E-state index in [1.54, 1.807) is 11.0 Å². The first-order chi connectivity index (χ1) is 8.20. The molecule has 0 aromatic carbocycles. The number of hydrogen-bond acceptors (Lipinski definition) is 3. The van der Waals surface area contributed by atoms with Crippen molar-refractivity contribution in [1.82, 2.24) is 4.90 Å². The molecule has 3 nitrogen and oxygen atoms in total. The maximum atomic E-state index is 12.1. The summed E-state index contributed by atoms with van der Waals surface area (Å²) in [6, 6.07) is 5.46. The minimum Gasteiger partial charge on any atom is -0.472 e. The van der Waals surface area contributed by atoms with Gasteiger partial charge in [-0.25, -0.2) is 0 Å². The zero-order valence-electron chi connectivity index (χ0n) is 9.35. The van der Waals surface area contributed by atoms with Gasteiger partial charge in [0.05, 0.1) is 22.7 Å². The first-order valence-electron chi connectivity index (χ1n) is 5.26. The zero-order valence-corrected chi connectivity index (χ0v) is 10.9. The Hall–Kier alpha value is -1.26. The summed E-state index contributed by atoms with van der Waals surface area (Å²) in [5, 5.41) is 0. The van der Waals surface area contributed by atoms with Crippen LogP contribution in [-0.4, -0.2) is 17.4 Å². The zero-order chi connectivity index (χ0) is 12.3. The van der Waals surface area contributed by atoms with E-state index in [1.807, 2.05) is 19.1 Å². The van der Waals surface area contributed by atoms with Crippen molar-refractivity contribution in [1.29, 1.82) is 0 Å². The van der Waals surface area contributed by atoms with Gasteiger partial charge >= 0.3 is 0 Å². The lowest BCUT2D eigenvalue weighted by Gasteiger charge is -2.19. The maximum absolute atomic E-state index is 12.1. The Bertz CT molecular complexity index is 492. The number of carbonyl (C=O) groups excluding carboxylic acids is 1. The van der Waals surface area contributed by atoms with Crippen LogP contribution in [0.4, 0.5) is 0 Å². The second-order valence-electron chi connectivity index (χ2n) is 3.54. The predicted molar refractivity (Wildman–Crippen MR) is 68.5 cm³/mol. The quantitative estimate of drug-likeness (QED) is 0.849. The molecule has 2 heterocycles. The third-order valence-electron chi connectivity index (χ3n) is 2.41. The van der Waals surface area contributed by atoms with E-state index in [1.165, 1.54) is 23.9 Å². The lowest BCUT2D eigenvalue weighted by molar-refractivity contribution is 0.0753. The highest BCUT2D eigenvalue weighted by Gasteiger charge is 2.16. The van der Waals surface area contributed by atoms with Crippen molar-refractivity contribution in [2.75, 3.05) is 6.54 Å². The van der Waals surface area contributed by atoms with Crippen LogP contribution in [0, 0.1) is 0 Å². The van der Waals surface area contributed by atoms with E-state index in [0.29, 0.717) is 18.7 Å². The van der Waals surface area contributed by atoms with E-state index < -0.39 is 0 Å². The molecule has 2 aromatic rings. The van der Waals surface area contributed by atoms with Crippen molar-refractivity contribution in [3.05, 3.63) is 45.5 Å². The summed E-state index contributed by atoms with van der Waals surface area (Å²) in [5.41, 5.74) is 0.578. The molecule has 0 spiro atoms. The van der Waals surface area contributed by atoms with Gasteiger partial charge in [0.2, 0.25) is 0 Å². The van der Waals surface area contributed by atoms with E-state index in [-0.39, 0.29) is 5.91 Å². The van der Waals surface area contributed by atoms with Crippen LogP contribution in [0.2, 0.25) is 4.34 Å². The fourth-order valence-corrected chi connectivity index (χ4v) is 2.62. The standard InChI is InChI=1S/C12H12ClNO2S/c1-2-14(7-10-3-4-11(13)17-10)12(15)9-5-6-16-8-9/h3-6,8H,2,7H2,1H3. The number of rotatable bonds is 4. The summed E-state index contributed by atoms with van der Waals surface area (Å²) >= 11 is 7.36. The SMILES string of the molecule is CCN(Cc1ccc(Cl)s1)C(=O)c1ccoc1.